The number of rotatable bonds is 4. The maximum absolute atomic E-state index is 12.8. The summed E-state index contributed by atoms with van der Waals surface area (Å²) in [4.78, 5) is 29.3. The van der Waals surface area contributed by atoms with Crippen LogP contribution in [0, 0.1) is 6.92 Å². The molecule has 1 aliphatic heterocycles. The number of amides is 1. The van der Waals surface area contributed by atoms with Gasteiger partial charge in [-0.1, -0.05) is 30.3 Å². The molecule has 0 N–H and O–H groups in total. The highest BCUT2D eigenvalue weighted by molar-refractivity contribution is 7.17. The van der Waals surface area contributed by atoms with Crippen molar-refractivity contribution in [2.75, 3.05) is 51.7 Å². The molecule has 2 aromatic heterocycles. The smallest absolute Gasteiger partial charge is 0.242 e. The number of benzene rings is 1. The van der Waals surface area contributed by atoms with Crippen LogP contribution in [0.25, 0.3) is 21.3 Å². The summed E-state index contributed by atoms with van der Waals surface area (Å²) in [6, 6.07) is 10.3. The maximum Gasteiger partial charge on any atom is 0.242 e. The first-order valence-electron chi connectivity index (χ1n) is 9.51. The number of aromatic nitrogens is 2. The van der Waals surface area contributed by atoms with Gasteiger partial charge in [-0.05, 0) is 19.5 Å². The second kappa shape index (κ2) is 7.85. The predicted octanol–water partition coefficient (Wildman–Crippen LogP) is 2.88. The number of hydrogen-bond acceptors (Lipinski definition) is 6. The van der Waals surface area contributed by atoms with Crippen molar-refractivity contribution in [3.8, 4) is 11.1 Å². The first kappa shape index (κ1) is 18.8. The number of carbonyl (C=O) groups is 1. The standard InChI is InChI=1S/C21H25N5OS/c1-15-22-20(25(3)13-18(27)26-11-9-24(2)10-12-26)19-17(14-28-21(19)23-15)16-7-5-4-6-8-16/h4-8,14H,9-13H2,1-3H3. The van der Waals surface area contributed by atoms with Gasteiger partial charge >= 0.3 is 0 Å². The van der Waals surface area contributed by atoms with Crippen LogP contribution in [0.2, 0.25) is 0 Å². The Labute approximate surface area is 169 Å². The zero-order valence-corrected chi connectivity index (χ0v) is 17.4. The Hall–Kier alpha value is -2.51. The van der Waals surface area contributed by atoms with Crippen LogP contribution in [-0.2, 0) is 4.79 Å². The third-order valence-corrected chi connectivity index (χ3v) is 6.07. The van der Waals surface area contributed by atoms with E-state index in [-0.39, 0.29) is 5.91 Å². The summed E-state index contributed by atoms with van der Waals surface area (Å²) < 4.78 is 0. The number of hydrogen-bond donors (Lipinski definition) is 0. The van der Waals surface area contributed by atoms with E-state index in [9.17, 15) is 4.79 Å². The lowest BCUT2D eigenvalue weighted by Gasteiger charge is -2.33. The fraction of sp³-hybridized carbons (Fsp3) is 0.381. The molecule has 1 aliphatic rings. The van der Waals surface area contributed by atoms with E-state index in [1.807, 2.05) is 42.0 Å². The van der Waals surface area contributed by atoms with Crippen LogP contribution in [0.4, 0.5) is 5.82 Å². The Balaban J connectivity index is 1.65. The van der Waals surface area contributed by atoms with E-state index in [1.165, 1.54) is 0 Å². The van der Waals surface area contributed by atoms with Gasteiger partial charge in [0.15, 0.2) is 0 Å². The number of thiophene rings is 1. The van der Waals surface area contributed by atoms with Crippen LogP contribution in [0.15, 0.2) is 35.7 Å². The lowest BCUT2D eigenvalue weighted by atomic mass is 10.1. The number of nitrogens with zero attached hydrogens (tertiary/aromatic N) is 5. The van der Waals surface area contributed by atoms with Crippen LogP contribution < -0.4 is 4.90 Å². The molecule has 146 valence electrons. The Kier molecular flexibility index (Phi) is 5.28. The van der Waals surface area contributed by atoms with Gasteiger partial charge in [-0.25, -0.2) is 9.97 Å². The molecular formula is C21H25N5OS. The SMILES string of the molecule is Cc1nc(N(C)CC(=O)N2CCN(C)CC2)c2c(-c3ccccc3)csc2n1. The predicted molar refractivity (Wildman–Crippen MR) is 115 cm³/mol. The van der Waals surface area contributed by atoms with E-state index >= 15 is 0 Å². The summed E-state index contributed by atoms with van der Waals surface area (Å²) in [6.07, 6.45) is 0. The van der Waals surface area contributed by atoms with Crippen LogP contribution in [0.3, 0.4) is 0 Å². The Morgan fingerprint density at radius 2 is 1.86 bits per heavy atom. The Morgan fingerprint density at radius 1 is 1.14 bits per heavy atom. The molecule has 0 saturated carbocycles. The van der Waals surface area contributed by atoms with Crippen LogP contribution in [-0.4, -0.2) is 72.5 Å². The minimum atomic E-state index is 0.150. The van der Waals surface area contributed by atoms with Crippen molar-refractivity contribution in [2.45, 2.75) is 6.92 Å². The summed E-state index contributed by atoms with van der Waals surface area (Å²) in [7, 11) is 4.04. The fourth-order valence-corrected chi connectivity index (χ4v) is 4.55. The molecule has 0 atom stereocenters. The molecule has 3 aromatic rings. The quantitative estimate of drug-likeness (QED) is 0.680. The second-order valence-electron chi connectivity index (χ2n) is 7.33. The largest absolute Gasteiger partial charge is 0.350 e. The van der Waals surface area contributed by atoms with Crippen molar-refractivity contribution in [1.29, 1.82) is 0 Å². The average Bonchev–Trinajstić information content (AvgIpc) is 3.12. The second-order valence-corrected chi connectivity index (χ2v) is 8.19. The Bertz CT molecular complexity index is 979. The summed E-state index contributed by atoms with van der Waals surface area (Å²) in [6.45, 7) is 5.65. The highest BCUT2D eigenvalue weighted by Crippen LogP contribution is 2.37. The molecule has 28 heavy (non-hydrogen) atoms. The van der Waals surface area contributed by atoms with Crippen molar-refractivity contribution in [3.05, 3.63) is 41.5 Å². The lowest BCUT2D eigenvalue weighted by molar-refractivity contribution is -0.131. The van der Waals surface area contributed by atoms with Crippen LogP contribution in [0.5, 0.6) is 0 Å². The van der Waals surface area contributed by atoms with Gasteiger partial charge in [-0.2, -0.15) is 0 Å². The van der Waals surface area contributed by atoms with Gasteiger partial charge in [-0.3, -0.25) is 4.79 Å². The van der Waals surface area contributed by atoms with Gasteiger partial charge < -0.3 is 14.7 Å². The van der Waals surface area contributed by atoms with Crippen LogP contribution >= 0.6 is 11.3 Å². The molecule has 1 saturated heterocycles. The minimum Gasteiger partial charge on any atom is -0.350 e. The molecule has 0 spiro atoms. The normalized spacial score (nSPS) is 15.2. The average molecular weight is 396 g/mol. The molecule has 0 unspecified atom stereocenters. The number of aryl methyl sites for hydroxylation is 1. The number of fused-ring (bicyclic) bond motifs is 1. The molecule has 6 nitrogen and oxygen atoms in total. The van der Waals surface area contributed by atoms with E-state index < -0.39 is 0 Å². The first-order chi connectivity index (χ1) is 13.5. The van der Waals surface area contributed by atoms with E-state index in [2.05, 4.69) is 34.4 Å². The lowest BCUT2D eigenvalue weighted by Crippen LogP contribution is -2.49. The molecular weight excluding hydrogens is 370 g/mol. The van der Waals surface area contributed by atoms with Crippen molar-refractivity contribution >= 4 is 33.3 Å². The van der Waals surface area contributed by atoms with Gasteiger partial charge in [0.05, 0.1) is 11.9 Å². The summed E-state index contributed by atoms with van der Waals surface area (Å²) in [5.41, 5.74) is 2.26. The zero-order valence-electron chi connectivity index (χ0n) is 16.6. The monoisotopic (exact) mass is 395 g/mol. The number of carbonyl (C=O) groups excluding carboxylic acids is 1. The zero-order chi connectivity index (χ0) is 19.7. The van der Waals surface area contributed by atoms with E-state index in [1.54, 1.807) is 11.3 Å². The first-order valence-corrected chi connectivity index (χ1v) is 10.4. The molecule has 1 aromatic carbocycles. The maximum atomic E-state index is 12.8. The van der Waals surface area contributed by atoms with Crippen molar-refractivity contribution in [3.63, 3.8) is 0 Å². The third-order valence-electron chi connectivity index (χ3n) is 5.20. The topological polar surface area (TPSA) is 52.6 Å². The third kappa shape index (κ3) is 3.72. The van der Waals surface area contributed by atoms with E-state index in [4.69, 9.17) is 4.98 Å². The molecule has 0 radical (unpaired) electrons. The van der Waals surface area contributed by atoms with Crippen molar-refractivity contribution in [2.24, 2.45) is 0 Å². The van der Waals surface area contributed by atoms with Gasteiger partial charge in [0.1, 0.15) is 16.5 Å². The molecule has 3 heterocycles. The van der Waals surface area contributed by atoms with E-state index in [0.29, 0.717) is 6.54 Å². The van der Waals surface area contributed by atoms with Gasteiger partial charge in [0, 0.05) is 44.2 Å². The summed E-state index contributed by atoms with van der Waals surface area (Å²) in [5.74, 6) is 1.70. The molecule has 0 aliphatic carbocycles. The minimum absolute atomic E-state index is 0.150. The highest BCUT2D eigenvalue weighted by atomic mass is 32.1. The fourth-order valence-electron chi connectivity index (χ4n) is 3.57. The summed E-state index contributed by atoms with van der Waals surface area (Å²) >= 11 is 1.62. The highest BCUT2D eigenvalue weighted by Gasteiger charge is 2.23. The number of likely N-dealkylation sites (N-methyl/N-ethyl adjacent to an activating group) is 2. The Morgan fingerprint density at radius 3 is 2.57 bits per heavy atom. The van der Waals surface area contributed by atoms with Gasteiger partial charge in [0.25, 0.3) is 0 Å². The molecule has 1 amide bonds. The van der Waals surface area contributed by atoms with Gasteiger partial charge in [0.2, 0.25) is 5.91 Å². The van der Waals surface area contributed by atoms with Gasteiger partial charge in [-0.15, -0.1) is 11.3 Å². The number of piperazine rings is 1. The van der Waals surface area contributed by atoms with Crippen molar-refractivity contribution in [1.82, 2.24) is 19.8 Å². The van der Waals surface area contributed by atoms with Crippen molar-refractivity contribution < 1.29 is 4.79 Å². The number of anilines is 1. The summed E-state index contributed by atoms with van der Waals surface area (Å²) in [5, 5.41) is 3.16. The molecule has 1 fully saturated rings. The molecule has 4 rings (SSSR count). The molecule has 7 heteroatoms. The van der Waals surface area contributed by atoms with E-state index in [0.717, 1.165) is 59.2 Å². The van der Waals surface area contributed by atoms with Crippen LogP contribution in [0.1, 0.15) is 5.82 Å². The molecule has 0 bridgehead atoms.